The lowest BCUT2D eigenvalue weighted by atomic mass is 10.1. The fourth-order valence-corrected chi connectivity index (χ4v) is 1.60. The molecule has 0 unspecified atom stereocenters. The Morgan fingerprint density at radius 2 is 2.22 bits per heavy atom. The van der Waals surface area contributed by atoms with Crippen LogP contribution in [0.15, 0.2) is 36.5 Å². The van der Waals surface area contributed by atoms with Crippen LogP contribution in [0.4, 0.5) is 4.39 Å². The molecule has 90 valence electrons. The molecule has 2 aromatic rings. The number of ether oxygens (including phenoxy) is 1. The van der Waals surface area contributed by atoms with Gasteiger partial charge < -0.3 is 4.74 Å². The summed E-state index contributed by atoms with van der Waals surface area (Å²) in [6.07, 6.45) is 1.34. The quantitative estimate of drug-likeness (QED) is 0.797. The molecule has 0 aliphatic rings. The second-order valence-electron chi connectivity index (χ2n) is 3.50. The first-order chi connectivity index (χ1) is 8.70. The first-order valence-corrected chi connectivity index (χ1v) is 5.50. The topological polar surface area (TPSA) is 45.9 Å². The first-order valence-electron chi connectivity index (χ1n) is 5.12. The molecule has 0 saturated carbocycles. The molecule has 0 saturated heterocycles. The predicted molar refractivity (Wildman–Crippen MR) is 64.7 cm³/mol. The zero-order chi connectivity index (χ0) is 13.0. The van der Waals surface area contributed by atoms with E-state index in [1.165, 1.54) is 12.3 Å². The average Bonchev–Trinajstić information content (AvgIpc) is 2.39. The van der Waals surface area contributed by atoms with Gasteiger partial charge in [0.2, 0.25) is 0 Å². The third kappa shape index (κ3) is 2.76. The zero-order valence-corrected chi connectivity index (χ0v) is 9.99. The van der Waals surface area contributed by atoms with Crippen molar-refractivity contribution in [3.8, 4) is 11.8 Å². The predicted octanol–water partition coefficient (Wildman–Crippen LogP) is 3.32. The van der Waals surface area contributed by atoms with E-state index in [-0.39, 0.29) is 12.4 Å². The summed E-state index contributed by atoms with van der Waals surface area (Å²) in [5.41, 5.74) is 1.15. The van der Waals surface area contributed by atoms with Crippen LogP contribution in [-0.4, -0.2) is 4.98 Å². The Labute approximate surface area is 108 Å². The van der Waals surface area contributed by atoms with Crippen molar-refractivity contribution in [2.45, 2.75) is 6.61 Å². The third-order valence-corrected chi connectivity index (χ3v) is 2.64. The lowest BCUT2D eigenvalue weighted by Crippen LogP contribution is -1.99. The maximum atomic E-state index is 13.2. The van der Waals surface area contributed by atoms with Gasteiger partial charge in [-0.1, -0.05) is 17.7 Å². The van der Waals surface area contributed by atoms with E-state index in [9.17, 15) is 4.39 Å². The number of rotatable bonds is 3. The molecule has 0 bridgehead atoms. The molecule has 0 radical (unpaired) electrons. The summed E-state index contributed by atoms with van der Waals surface area (Å²) in [7, 11) is 0. The van der Waals surface area contributed by atoms with E-state index < -0.39 is 5.95 Å². The maximum Gasteiger partial charge on any atom is 0.255 e. The van der Waals surface area contributed by atoms with Gasteiger partial charge in [0.05, 0.1) is 11.6 Å². The summed E-state index contributed by atoms with van der Waals surface area (Å²) < 4.78 is 18.5. The lowest BCUT2D eigenvalue weighted by Gasteiger charge is -2.08. The highest BCUT2D eigenvalue weighted by molar-refractivity contribution is 6.31. The van der Waals surface area contributed by atoms with E-state index >= 15 is 0 Å². The van der Waals surface area contributed by atoms with Gasteiger partial charge in [-0.15, -0.1) is 0 Å². The van der Waals surface area contributed by atoms with Gasteiger partial charge in [-0.2, -0.15) is 9.65 Å². The molecule has 0 spiro atoms. The van der Waals surface area contributed by atoms with E-state index in [1.54, 1.807) is 24.3 Å². The molecule has 1 aromatic heterocycles. The highest BCUT2D eigenvalue weighted by Gasteiger charge is 2.06. The van der Waals surface area contributed by atoms with Crippen LogP contribution in [0.1, 0.15) is 11.1 Å². The van der Waals surface area contributed by atoms with E-state index in [2.05, 4.69) is 4.98 Å². The zero-order valence-electron chi connectivity index (χ0n) is 9.23. The maximum absolute atomic E-state index is 13.2. The summed E-state index contributed by atoms with van der Waals surface area (Å²) in [5, 5.41) is 9.11. The van der Waals surface area contributed by atoms with E-state index in [4.69, 9.17) is 21.6 Å². The van der Waals surface area contributed by atoms with Crippen LogP contribution in [0.25, 0.3) is 0 Å². The normalized spacial score (nSPS) is 9.83. The number of benzene rings is 1. The monoisotopic (exact) mass is 262 g/mol. The van der Waals surface area contributed by atoms with Crippen molar-refractivity contribution in [2.24, 2.45) is 0 Å². The molecule has 0 fully saturated rings. The van der Waals surface area contributed by atoms with Crippen LogP contribution in [0.5, 0.6) is 5.75 Å². The summed E-state index contributed by atoms with van der Waals surface area (Å²) in [6, 6.07) is 9.90. The van der Waals surface area contributed by atoms with Crippen LogP contribution >= 0.6 is 11.6 Å². The Balaban J connectivity index is 2.12. The van der Waals surface area contributed by atoms with E-state index in [1.807, 2.05) is 6.07 Å². The molecule has 0 N–H and O–H groups in total. The SMILES string of the molecule is N#Cc1ccc(COc2cccnc2F)c(Cl)c1. The standard InChI is InChI=1S/C13H8ClFN2O/c14-11-6-9(7-16)3-4-10(11)8-18-12-2-1-5-17-13(12)15/h1-6H,8H2. The molecule has 1 heterocycles. The van der Waals surface area contributed by atoms with Crippen LogP contribution in [0.3, 0.4) is 0 Å². The van der Waals surface area contributed by atoms with Crippen molar-refractivity contribution in [3.05, 3.63) is 58.6 Å². The molecule has 0 aliphatic heterocycles. The second kappa shape index (κ2) is 5.48. The van der Waals surface area contributed by atoms with Crippen LogP contribution in [-0.2, 0) is 6.61 Å². The summed E-state index contributed by atoms with van der Waals surface area (Å²) in [6.45, 7) is 0.118. The van der Waals surface area contributed by atoms with Gasteiger partial charge in [0.15, 0.2) is 5.75 Å². The third-order valence-electron chi connectivity index (χ3n) is 2.29. The molecular weight excluding hydrogens is 255 g/mol. The summed E-state index contributed by atoms with van der Waals surface area (Å²) in [4.78, 5) is 3.47. The van der Waals surface area contributed by atoms with Gasteiger partial charge in [-0.25, -0.2) is 4.98 Å². The summed E-state index contributed by atoms with van der Waals surface area (Å²) >= 11 is 5.97. The molecule has 1 aromatic carbocycles. The Morgan fingerprint density at radius 1 is 1.39 bits per heavy atom. The van der Waals surface area contributed by atoms with Crippen LogP contribution in [0.2, 0.25) is 5.02 Å². The molecule has 2 rings (SSSR count). The minimum absolute atomic E-state index is 0.0675. The van der Waals surface area contributed by atoms with Gasteiger partial charge in [0.25, 0.3) is 5.95 Å². The van der Waals surface area contributed by atoms with E-state index in [0.29, 0.717) is 16.1 Å². The van der Waals surface area contributed by atoms with Crippen molar-refractivity contribution >= 4 is 11.6 Å². The van der Waals surface area contributed by atoms with Crippen molar-refractivity contribution < 1.29 is 9.13 Å². The Hall–Kier alpha value is -2.12. The minimum atomic E-state index is -0.665. The van der Waals surface area contributed by atoms with Crippen molar-refractivity contribution in [3.63, 3.8) is 0 Å². The largest absolute Gasteiger partial charge is 0.484 e. The van der Waals surface area contributed by atoms with Crippen LogP contribution < -0.4 is 4.74 Å². The molecule has 18 heavy (non-hydrogen) atoms. The molecule has 5 heteroatoms. The highest BCUT2D eigenvalue weighted by Crippen LogP contribution is 2.21. The number of pyridine rings is 1. The van der Waals surface area contributed by atoms with Gasteiger partial charge >= 0.3 is 0 Å². The van der Waals surface area contributed by atoms with Crippen molar-refractivity contribution in [1.29, 1.82) is 5.26 Å². The fourth-order valence-electron chi connectivity index (χ4n) is 1.37. The molecule has 0 aliphatic carbocycles. The summed E-state index contributed by atoms with van der Waals surface area (Å²) in [5.74, 6) is -0.597. The molecule has 3 nitrogen and oxygen atoms in total. The van der Waals surface area contributed by atoms with Crippen molar-refractivity contribution in [1.82, 2.24) is 4.98 Å². The molecule has 0 atom stereocenters. The Bertz CT molecular complexity index is 610. The molecular formula is C13H8ClFN2O. The highest BCUT2D eigenvalue weighted by atomic mass is 35.5. The average molecular weight is 263 g/mol. The number of hydrogen-bond donors (Lipinski definition) is 0. The van der Waals surface area contributed by atoms with Gasteiger partial charge in [0.1, 0.15) is 6.61 Å². The number of hydrogen-bond acceptors (Lipinski definition) is 3. The van der Waals surface area contributed by atoms with Crippen LogP contribution in [0, 0.1) is 17.3 Å². The van der Waals surface area contributed by atoms with Gasteiger partial charge in [0, 0.05) is 16.8 Å². The molecule has 0 amide bonds. The van der Waals surface area contributed by atoms with Gasteiger partial charge in [-0.05, 0) is 24.3 Å². The number of halogens is 2. The first kappa shape index (κ1) is 12.3. The Morgan fingerprint density at radius 3 is 2.89 bits per heavy atom. The number of nitrogens with zero attached hydrogens (tertiary/aromatic N) is 2. The second-order valence-corrected chi connectivity index (χ2v) is 3.91. The minimum Gasteiger partial charge on any atom is -0.484 e. The lowest BCUT2D eigenvalue weighted by molar-refractivity contribution is 0.286. The number of nitriles is 1. The fraction of sp³-hybridized carbons (Fsp3) is 0.0769. The number of aromatic nitrogens is 1. The Kier molecular flexibility index (Phi) is 3.75. The van der Waals surface area contributed by atoms with Crippen molar-refractivity contribution in [2.75, 3.05) is 0 Å². The van der Waals surface area contributed by atoms with E-state index in [0.717, 1.165) is 0 Å². The smallest absolute Gasteiger partial charge is 0.255 e. The van der Waals surface area contributed by atoms with Gasteiger partial charge in [-0.3, -0.25) is 0 Å².